The van der Waals surface area contributed by atoms with Gasteiger partial charge >= 0.3 is 0 Å². The Kier molecular flexibility index (Phi) is 5.74. The number of nitrogens with zero attached hydrogens (tertiary/aromatic N) is 3. The molecule has 174 valence electrons. The van der Waals surface area contributed by atoms with Crippen LogP contribution in [0.15, 0.2) is 59.6 Å². The molecule has 0 atom stereocenters. The van der Waals surface area contributed by atoms with Gasteiger partial charge in [-0.15, -0.1) is 5.10 Å². The Morgan fingerprint density at radius 3 is 2.36 bits per heavy atom. The largest absolute Gasteiger partial charge is 0.476 e. The summed E-state index contributed by atoms with van der Waals surface area (Å²) < 4.78 is 34.1. The van der Waals surface area contributed by atoms with Crippen LogP contribution in [0.4, 0.5) is 0 Å². The molecule has 0 spiro atoms. The Hall–Kier alpha value is -2.91. The van der Waals surface area contributed by atoms with Crippen molar-refractivity contribution < 1.29 is 17.9 Å². The fourth-order valence-corrected chi connectivity index (χ4v) is 5.21. The van der Waals surface area contributed by atoms with E-state index in [9.17, 15) is 13.2 Å². The fourth-order valence-electron chi connectivity index (χ4n) is 3.99. The monoisotopic (exact) mass is 488 g/mol. The molecule has 1 N–H and O–H groups in total. The SMILES string of the molecule is CC1(C)C(COc2ccn(-c3ccc(C(=O)NS(=O)(=O)c4ccccc4)c(Cl)n3)n2)C1(C)C. The third-order valence-corrected chi connectivity index (χ3v) is 8.51. The summed E-state index contributed by atoms with van der Waals surface area (Å²) in [5, 5.41) is 4.22. The molecule has 0 aliphatic heterocycles. The Morgan fingerprint density at radius 2 is 1.76 bits per heavy atom. The summed E-state index contributed by atoms with van der Waals surface area (Å²) in [6, 6.07) is 12.2. The van der Waals surface area contributed by atoms with Crippen LogP contribution in [0.3, 0.4) is 0 Å². The van der Waals surface area contributed by atoms with Gasteiger partial charge in [0.05, 0.1) is 17.1 Å². The topological polar surface area (TPSA) is 103 Å². The highest BCUT2D eigenvalue weighted by atomic mass is 35.5. The van der Waals surface area contributed by atoms with Crippen LogP contribution in [-0.4, -0.2) is 35.7 Å². The van der Waals surface area contributed by atoms with E-state index >= 15 is 0 Å². The summed E-state index contributed by atoms with van der Waals surface area (Å²) in [6.07, 6.45) is 1.68. The van der Waals surface area contributed by atoms with E-state index < -0.39 is 15.9 Å². The molecule has 2 heterocycles. The Balaban J connectivity index is 1.44. The molecule has 1 saturated carbocycles. The van der Waals surface area contributed by atoms with Gasteiger partial charge in [-0.05, 0) is 35.1 Å². The summed E-state index contributed by atoms with van der Waals surface area (Å²) in [7, 11) is -4.03. The molecule has 0 saturated heterocycles. The number of hydrogen-bond donors (Lipinski definition) is 1. The van der Waals surface area contributed by atoms with Gasteiger partial charge in [-0.25, -0.2) is 22.8 Å². The van der Waals surface area contributed by atoms with Crippen molar-refractivity contribution in [1.29, 1.82) is 0 Å². The van der Waals surface area contributed by atoms with E-state index in [1.165, 1.54) is 28.9 Å². The highest BCUT2D eigenvalue weighted by molar-refractivity contribution is 7.90. The van der Waals surface area contributed by atoms with Gasteiger partial charge < -0.3 is 4.74 Å². The highest BCUT2D eigenvalue weighted by Crippen LogP contribution is 2.68. The van der Waals surface area contributed by atoms with Crippen LogP contribution < -0.4 is 9.46 Å². The number of carbonyl (C=O) groups excluding carboxylic acids is 1. The number of rotatable bonds is 7. The molecule has 10 heteroatoms. The number of ether oxygens (including phenoxy) is 1. The maximum Gasteiger partial charge on any atom is 0.268 e. The number of halogens is 1. The van der Waals surface area contributed by atoms with E-state index in [4.69, 9.17) is 16.3 Å². The zero-order chi connectivity index (χ0) is 24.0. The zero-order valence-electron chi connectivity index (χ0n) is 18.7. The molecule has 33 heavy (non-hydrogen) atoms. The molecule has 1 aromatic carbocycles. The smallest absolute Gasteiger partial charge is 0.268 e. The number of aromatic nitrogens is 3. The van der Waals surface area contributed by atoms with Gasteiger partial charge in [-0.1, -0.05) is 57.5 Å². The van der Waals surface area contributed by atoms with E-state index in [1.54, 1.807) is 30.5 Å². The molecule has 0 bridgehead atoms. The van der Waals surface area contributed by atoms with Crippen LogP contribution in [0.2, 0.25) is 5.15 Å². The van der Waals surface area contributed by atoms with Gasteiger partial charge in [0, 0.05) is 18.2 Å². The minimum atomic E-state index is -4.03. The number of sulfonamides is 1. The Bertz CT molecular complexity index is 1290. The second-order valence-electron chi connectivity index (χ2n) is 9.16. The molecule has 1 fully saturated rings. The molecule has 1 amide bonds. The Morgan fingerprint density at radius 1 is 1.09 bits per heavy atom. The minimum Gasteiger partial charge on any atom is -0.476 e. The van der Waals surface area contributed by atoms with Crippen molar-refractivity contribution in [3.63, 3.8) is 0 Å². The van der Waals surface area contributed by atoms with Crippen LogP contribution >= 0.6 is 11.6 Å². The first-order valence-electron chi connectivity index (χ1n) is 10.4. The third kappa shape index (κ3) is 4.35. The second-order valence-corrected chi connectivity index (χ2v) is 11.2. The van der Waals surface area contributed by atoms with Gasteiger partial charge in [0.25, 0.3) is 15.9 Å². The maximum absolute atomic E-state index is 12.5. The molecule has 0 radical (unpaired) electrons. The average molecular weight is 489 g/mol. The van der Waals surface area contributed by atoms with Crippen LogP contribution in [-0.2, 0) is 10.0 Å². The van der Waals surface area contributed by atoms with Crippen molar-refractivity contribution >= 4 is 27.5 Å². The zero-order valence-corrected chi connectivity index (χ0v) is 20.3. The lowest BCUT2D eigenvalue weighted by atomic mass is 10.0. The van der Waals surface area contributed by atoms with E-state index in [0.717, 1.165) is 0 Å². The molecular weight excluding hydrogens is 464 g/mol. The van der Waals surface area contributed by atoms with Crippen molar-refractivity contribution in [3.05, 3.63) is 65.4 Å². The summed E-state index contributed by atoms with van der Waals surface area (Å²) in [4.78, 5) is 16.7. The molecule has 0 unspecified atom stereocenters. The lowest BCUT2D eigenvalue weighted by Gasteiger charge is -2.09. The third-order valence-electron chi connectivity index (χ3n) is 6.88. The fraction of sp³-hybridized carbons (Fsp3) is 0.348. The number of pyridine rings is 1. The van der Waals surface area contributed by atoms with E-state index in [2.05, 4.69) is 37.8 Å². The van der Waals surface area contributed by atoms with Gasteiger partial charge in [-0.2, -0.15) is 0 Å². The standard InChI is InChI=1S/C23H25ClN4O4S/c1-22(2)17(23(22,3)4)14-32-19-12-13-28(26-19)18-11-10-16(20(24)25-18)21(29)27-33(30,31)15-8-6-5-7-9-15/h5-13,17H,14H2,1-4H3,(H,27,29). The van der Waals surface area contributed by atoms with Gasteiger partial charge in [0.1, 0.15) is 5.15 Å². The summed E-state index contributed by atoms with van der Waals surface area (Å²) in [6.45, 7) is 9.49. The minimum absolute atomic E-state index is 0.0268. The normalized spacial score (nSPS) is 16.9. The summed E-state index contributed by atoms with van der Waals surface area (Å²) in [5.41, 5.74) is 0.367. The molecule has 1 aliphatic carbocycles. The van der Waals surface area contributed by atoms with E-state index in [1.807, 2.05) is 4.72 Å². The van der Waals surface area contributed by atoms with Crippen LogP contribution in [0.5, 0.6) is 5.88 Å². The first-order chi connectivity index (χ1) is 15.4. The van der Waals surface area contributed by atoms with Crippen molar-refractivity contribution in [3.8, 4) is 11.7 Å². The molecular formula is C23H25ClN4O4S. The first kappa shape index (κ1) is 23.3. The van der Waals surface area contributed by atoms with Gasteiger partial charge in [0.2, 0.25) is 5.88 Å². The van der Waals surface area contributed by atoms with Crippen molar-refractivity contribution in [1.82, 2.24) is 19.5 Å². The maximum atomic E-state index is 12.5. The molecule has 2 aromatic heterocycles. The van der Waals surface area contributed by atoms with Gasteiger partial charge in [0.15, 0.2) is 5.82 Å². The van der Waals surface area contributed by atoms with E-state index in [0.29, 0.717) is 24.2 Å². The van der Waals surface area contributed by atoms with Crippen LogP contribution in [0.25, 0.3) is 5.82 Å². The van der Waals surface area contributed by atoms with Crippen molar-refractivity contribution in [2.45, 2.75) is 32.6 Å². The molecule has 8 nitrogen and oxygen atoms in total. The second kappa shape index (κ2) is 8.14. The van der Waals surface area contributed by atoms with E-state index in [-0.39, 0.29) is 26.4 Å². The average Bonchev–Trinajstić information content (AvgIpc) is 3.06. The van der Waals surface area contributed by atoms with Crippen LogP contribution in [0, 0.1) is 16.7 Å². The Labute approximate surface area is 198 Å². The predicted octanol–water partition coefficient (Wildman–Crippen LogP) is 4.10. The predicted molar refractivity (Wildman–Crippen MR) is 124 cm³/mol. The lowest BCUT2D eigenvalue weighted by Crippen LogP contribution is -2.31. The highest BCUT2D eigenvalue weighted by Gasteiger charge is 2.64. The van der Waals surface area contributed by atoms with Crippen molar-refractivity contribution in [2.24, 2.45) is 16.7 Å². The van der Waals surface area contributed by atoms with Gasteiger partial charge in [-0.3, -0.25) is 4.79 Å². The van der Waals surface area contributed by atoms with Crippen molar-refractivity contribution in [2.75, 3.05) is 6.61 Å². The number of amides is 1. The molecule has 1 aliphatic rings. The quantitative estimate of drug-likeness (QED) is 0.502. The number of nitrogens with one attached hydrogen (secondary N) is 1. The molecule has 4 rings (SSSR count). The lowest BCUT2D eigenvalue weighted by molar-refractivity contribution is 0.0981. The summed E-state index contributed by atoms with van der Waals surface area (Å²) >= 11 is 6.19. The number of carbonyl (C=O) groups is 1. The number of benzene rings is 1. The summed E-state index contributed by atoms with van der Waals surface area (Å²) in [5.74, 6) is 0.390. The molecule has 3 aromatic rings. The number of hydrogen-bond acceptors (Lipinski definition) is 6. The van der Waals surface area contributed by atoms with Crippen LogP contribution in [0.1, 0.15) is 38.1 Å². The first-order valence-corrected chi connectivity index (χ1v) is 12.3.